The van der Waals surface area contributed by atoms with Crippen LogP contribution in [0.1, 0.15) is 84.0 Å². The highest BCUT2D eigenvalue weighted by Crippen LogP contribution is 2.34. The van der Waals surface area contributed by atoms with Gasteiger partial charge in [0.15, 0.2) is 6.73 Å². The number of carboxylic acid groups (broad SMARTS) is 1. The van der Waals surface area contributed by atoms with Crippen LogP contribution in [0.15, 0.2) is 0 Å². The summed E-state index contributed by atoms with van der Waals surface area (Å²) in [6, 6.07) is 0. The van der Waals surface area contributed by atoms with Crippen molar-refractivity contribution in [3.8, 4) is 0 Å². The average molecular weight is 328 g/mol. The van der Waals surface area contributed by atoms with Crippen LogP contribution in [-0.2, 0) is 9.53 Å². The number of carbonyl (C=O) groups excluding carboxylic acids is 1. The first-order valence-corrected chi connectivity index (χ1v) is 9.58. The molecule has 4 heteroatoms. The van der Waals surface area contributed by atoms with Gasteiger partial charge in [-0.25, -0.2) is 0 Å². The molecule has 0 spiro atoms. The molecule has 1 fully saturated rings. The third kappa shape index (κ3) is 6.07. The molecule has 1 aliphatic heterocycles. The van der Waals surface area contributed by atoms with Crippen molar-refractivity contribution < 1.29 is 19.1 Å². The first kappa shape index (κ1) is 20.4. The number of hydrogen-bond acceptors (Lipinski definition) is 3. The van der Waals surface area contributed by atoms with Gasteiger partial charge >= 0.3 is 0 Å². The van der Waals surface area contributed by atoms with E-state index < -0.39 is 11.5 Å². The van der Waals surface area contributed by atoms with Crippen LogP contribution in [0.25, 0.3) is 0 Å². The molecule has 0 bridgehead atoms. The summed E-state index contributed by atoms with van der Waals surface area (Å²) in [6.45, 7) is 3.25. The van der Waals surface area contributed by atoms with Gasteiger partial charge in [-0.3, -0.25) is 4.48 Å². The fraction of sp³-hybridized carbons (Fsp3) is 0.947. The number of rotatable bonds is 12. The normalized spacial score (nSPS) is 23.8. The zero-order valence-corrected chi connectivity index (χ0v) is 15.6. The molecule has 0 aromatic carbocycles. The lowest BCUT2D eigenvalue weighted by molar-refractivity contribution is -0.960. The molecule has 1 heterocycles. The Bertz CT molecular complexity index is 344. The van der Waals surface area contributed by atoms with Crippen LogP contribution in [0, 0.1) is 0 Å². The van der Waals surface area contributed by atoms with E-state index in [9.17, 15) is 9.90 Å². The van der Waals surface area contributed by atoms with Crippen molar-refractivity contribution >= 4 is 5.97 Å². The molecule has 136 valence electrons. The van der Waals surface area contributed by atoms with Crippen LogP contribution in [0.5, 0.6) is 0 Å². The van der Waals surface area contributed by atoms with Gasteiger partial charge in [0, 0.05) is 12.8 Å². The molecule has 1 aliphatic rings. The number of aliphatic carboxylic acids is 1. The molecule has 0 saturated carbocycles. The van der Waals surface area contributed by atoms with Crippen molar-refractivity contribution in [2.45, 2.75) is 89.5 Å². The minimum Gasteiger partial charge on any atom is -0.544 e. The maximum atomic E-state index is 11.8. The Morgan fingerprint density at radius 1 is 1.00 bits per heavy atom. The number of hydrogen-bond donors (Lipinski definition) is 0. The summed E-state index contributed by atoms with van der Waals surface area (Å²) in [7, 11) is 3.90. The summed E-state index contributed by atoms with van der Waals surface area (Å²) in [5.41, 5.74) is -0.765. The highest BCUT2D eigenvalue weighted by atomic mass is 16.5. The van der Waals surface area contributed by atoms with E-state index in [1.807, 2.05) is 14.1 Å². The van der Waals surface area contributed by atoms with E-state index >= 15 is 0 Å². The van der Waals surface area contributed by atoms with Gasteiger partial charge in [-0.2, -0.15) is 0 Å². The number of likely N-dealkylation sites (N-methyl/N-ethyl adjacent to an activating group) is 1. The van der Waals surface area contributed by atoms with E-state index in [1.165, 1.54) is 51.4 Å². The monoisotopic (exact) mass is 327 g/mol. The zero-order valence-electron chi connectivity index (χ0n) is 15.6. The Labute approximate surface area is 142 Å². The molecule has 23 heavy (non-hydrogen) atoms. The maximum absolute atomic E-state index is 11.8. The molecule has 0 aromatic rings. The van der Waals surface area contributed by atoms with Gasteiger partial charge in [0.05, 0.1) is 20.7 Å². The standard InChI is InChI=1S/C19H37NO3/c1-4-5-6-7-8-9-10-11-12-13-14-19(18(21)22)15-16-23-17-20(19,2)3/h4-17H2,1-3H3. The lowest BCUT2D eigenvalue weighted by atomic mass is 9.84. The molecular formula is C19H37NO3. The minimum absolute atomic E-state index is 0.382. The van der Waals surface area contributed by atoms with E-state index in [1.54, 1.807) is 0 Å². The van der Waals surface area contributed by atoms with Gasteiger partial charge in [0.25, 0.3) is 0 Å². The quantitative estimate of drug-likeness (QED) is 0.408. The predicted octanol–water partition coefficient (Wildman–Crippen LogP) is 3.24. The van der Waals surface area contributed by atoms with Crippen LogP contribution in [0.2, 0.25) is 0 Å². The maximum Gasteiger partial charge on any atom is 0.183 e. The van der Waals surface area contributed by atoms with E-state index in [0.717, 1.165) is 12.8 Å². The minimum atomic E-state index is -0.901. The van der Waals surface area contributed by atoms with Gasteiger partial charge in [0.1, 0.15) is 11.5 Å². The molecule has 0 amide bonds. The molecule has 4 nitrogen and oxygen atoms in total. The van der Waals surface area contributed by atoms with Crippen molar-refractivity contribution in [1.29, 1.82) is 0 Å². The predicted molar refractivity (Wildman–Crippen MR) is 91.7 cm³/mol. The highest BCUT2D eigenvalue weighted by Gasteiger charge is 2.48. The first-order valence-electron chi connectivity index (χ1n) is 9.58. The van der Waals surface area contributed by atoms with Crippen LogP contribution in [-0.4, -0.2) is 43.4 Å². The van der Waals surface area contributed by atoms with Crippen molar-refractivity contribution in [3.63, 3.8) is 0 Å². The second-order valence-corrected chi connectivity index (χ2v) is 7.72. The van der Waals surface area contributed by atoms with Gasteiger partial charge in [-0.1, -0.05) is 64.7 Å². The lowest BCUT2D eigenvalue weighted by Crippen LogP contribution is -2.70. The Kier molecular flexibility index (Phi) is 9.15. The average Bonchev–Trinajstić information content (AvgIpc) is 2.50. The molecule has 0 radical (unpaired) electrons. The molecule has 1 rings (SSSR count). The zero-order chi connectivity index (χ0) is 17.2. The highest BCUT2D eigenvalue weighted by molar-refractivity contribution is 5.75. The second-order valence-electron chi connectivity index (χ2n) is 7.72. The Morgan fingerprint density at radius 2 is 1.52 bits per heavy atom. The lowest BCUT2D eigenvalue weighted by Gasteiger charge is -2.51. The van der Waals surface area contributed by atoms with Crippen molar-refractivity contribution in [2.75, 3.05) is 27.4 Å². The SMILES string of the molecule is CCCCCCCCCCCCC1(C(=O)[O-])CCOC[N+]1(C)C. The molecule has 0 aliphatic carbocycles. The molecule has 1 saturated heterocycles. The summed E-state index contributed by atoms with van der Waals surface area (Å²) in [4.78, 5) is 11.8. The Balaban J connectivity index is 2.21. The van der Waals surface area contributed by atoms with Gasteiger partial charge in [-0.05, 0) is 6.42 Å². The summed E-state index contributed by atoms with van der Waals surface area (Å²) in [6.07, 6.45) is 14.0. The summed E-state index contributed by atoms with van der Waals surface area (Å²) >= 11 is 0. The van der Waals surface area contributed by atoms with Crippen LogP contribution in [0.3, 0.4) is 0 Å². The number of unbranched alkanes of at least 4 members (excludes halogenated alkanes) is 9. The summed E-state index contributed by atoms with van der Waals surface area (Å²) in [5, 5.41) is 11.8. The number of nitrogens with zero attached hydrogens (tertiary/aromatic N) is 1. The fourth-order valence-electron chi connectivity index (χ4n) is 3.74. The molecular weight excluding hydrogens is 290 g/mol. The number of carboxylic acids is 1. The molecule has 0 N–H and O–H groups in total. The van der Waals surface area contributed by atoms with E-state index in [-0.39, 0.29) is 0 Å². The second kappa shape index (κ2) is 10.3. The van der Waals surface area contributed by atoms with Crippen molar-refractivity contribution in [1.82, 2.24) is 0 Å². The number of carbonyl (C=O) groups is 1. The van der Waals surface area contributed by atoms with Crippen LogP contribution in [0.4, 0.5) is 0 Å². The Morgan fingerprint density at radius 3 is 2.00 bits per heavy atom. The van der Waals surface area contributed by atoms with Crippen molar-refractivity contribution in [3.05, 3.63) is 0 Å². The topological polar surface area (TPSA) is 49.4 Å². The molecule has 1 unspecified atom stereocenters. The van der Waals surface area contributed by atoms with Gasteiger partial charge in [-0.15, -0.1) is 0 Å². The van der Waals surface area contributed by atoms with E-state index in [0.29, 0.717) is 30.7 Å². The van der Waals surface area contributed by atoms with Gasteiger partial charge < -0.3 is 14.6 Å². The van der Waals surface area contributed by atoms with Crippen LogP contribution < -0.4 is 5.11 Å². The molecule has 0 aromatic heterocycles. The number of ether oxygens (including phenoxy) is 1. The number of quaternary nitrogens is 1. The third-order valence-electron chi connectivity index (χ3n) is 5.56. The van der Waals surface area contributed by atoms with E-state index in [2.05, 4.69) is 6.92 Å². The fourth-order valence-corrected chi connectivity index (χ4v) is 3.74. The van der Waals surface area contributed by atoms with Crippen molar-refractivity contribution in [2.24, 2.45) is 0 Å². The largest absolute Gasteiger partial charge is 0.544 e. The summed E-state index contributed by atoms with van der Waals surface area (Å²) in [5.74, 6) is -0.901. The van der Waals surface area contributed by atoms with E-state index in [4.69, 9.17) is 4.74 Å². The first-order chi connectivity index (χ1) is 11.0. The summed E-state index contributed by atoms with van der Waals surface area (Å²) < 4.78 is 5.85. The smallest absolute Gasteiger partial charge is 0.183 e. The molecule has 1 atom stereocenters. The third-order valence-corrected chi connectivity index (χ3v) is 5.56. The van der Waals surface area contributed by atoms with Gasteiger partial charge in [0.2, 0.25) is 0 Å². The van der Waals surface area contributed by atoms with Crippen LogP contribution >= 0.6 is 0 Å². The Hall–Kier alpha value is -0.610.